The summed E-state index contributed by atoms with van der Waals surface area (Å²) in [6, 6.07) is 4.06. The number of likely N-dealkylation sites (N-methyl/N-ethyl adjacent to an activating group) is 7. The van der Waals surface area contributed by atoms with Crippen LogP contribution in [0.1, 0.15) is 126 Å². The van der Waals surface area contributed by atoms with E-state index in [2.05, 4.69) is 21.3 Å². The van der Waals surface area contributed by atoms with Crippen molar-refractivity contribution in [2.45, 2.75) is 194 Å². The number of hydrogen-bond donors (Lipinski definition) is 5. The number of amides is 12. The van der Waals surface area contributed by atoms with Gasteiger partial charge in [-0.25, -0.2) is 0 Å². The van der Waals surface area contributed by atoms with Gasteiger partial charge in [0.15, 0.2) is 0 Å². The lowest BCUT2D eigenvalue weighted by molar-refractivity contribution is -0.152. The molecule has 25 heteroatoms. The summed E-state index contributed by atoms with van der Waals surface area (Å²) in [5.41, 5.74) is 1.28. The average molecular weight is 1300 g/mol. The van der Waals surface area contributed by atoms with Crippen LogP contribution in [0, 0.1) is 23.7 Å². The Morgan fingerprint density at radius 2 is 1.06 bits per heavy atom. The van der Waals surface area contributed by atoms with Crippen LogP contribution in [0.4, 0.5) is 0 Å². The molecule has 2 heterocycles. The van der Waals surface area contributed by atoms with Crippen LogP contribution in [0.15, 0.2) is 60.7 Å². The van der Waals surface area contributed by atoms with Crippen LogP contribution in [0.3, 0.4) is 0 Å². The van der Waals surface area contributed by atoms with Crippen molar-refractivity contribution in [1.29, 1.82) is 0 Å². The SMILES string of the molecule is CC(C)C[C@H]1C(=O)N[C@@H]([C@@H](C)O)C(=O)N(C)[C@@H](C)C(=O)N(C)[C@@H](CC(C)C)C(=O)N[C@H](C(=O)N(C)[C@@H](Cc2ccccc2)C(=O)N[C@@H](C)C(=O)N2CCCCC2)CC(=O)N(C)CC(=O)N(C)[C@@H](Cc2ccccc2)C(=O)N(C)[C@@H](C(C)C)C(=O)N[C@@H](C(C)C)C(=O)N1C. The third-order valence-corrected chi connectivity index (χ3v) is 17.8. The quantitative estimate of drug-likeness (QED) is 0.161. The first-order valence-electron chi connectivity index (χ1n) is 32.6. The number of nitrogens with zero attached hydrogens (tertiary/aromatic N) is 8. The molecule has 2 aromatic rings. The molecule has 11 atom stereocenters. The number of carbonyl (C=O) groups excluding carboxylic acids is 12. The number of piperidine rings is 1. The molecule has 0 aromatic heterocycles. The van der Waals surface area contributed by atoms with Crippen LogP contribution in [0.25, 0.3) is 0 Å². The third-order valence-electron chi connectivity index (χ3n) is 17.8. The van der Waals surface area contributed by atoms with Crippen LogP contribution in [-0.4, -0.2) is 251 Å². The molecule has 2 aliphatic rings. The van der Waals surface area contributed by atoms with E-state index < -0.39 is 156 Å². The van der Waals surface area contributed by atoms with E-state index in [1.165, 1.54) is 77.9 Å². The smallest absolute Gasteiger partial charge is 0.248 e. The molecule has 516 valence electrons. The average Bonchev–Trinajstić information content (AvgIpc) is 0.954. The van der Waals surface area contributed by atoms with Gasteiger partial charge in [0.2, 0.25) is 70.9 Å². The normalized spacial score (nSPS) is 24.2. The van der Waals surface area contributed by atoms with E-state index >= 15 is 14.4 Å². The first kappa shape index (κ1) is 77.5. The van der Waals surface area contributed by atoms with Crippen LogP contribution in [-0.2, 0) is 70.4 Å². The topological polar surface area (TPSA) is 299 Å². The van der Waals surface area contributed by atoms with Gasteiger partial charge < -0.3 is 65.6 Å². The van der Waals surface area contributed by atoms with Crippen molar-refractivity contribution in [3.05, 3.63) is 71.8 Å². The molecular formula is C68H106N12O13. The maximum atomic E-state index is 15.4. The summed E-state index contributed by atoms with van der Waals surface area (Å²) in [4.78, 5) is 187. The lowest BCUT2D eigenvalue weighted by Crippen LogP contribution is -2.63. The molecule has 0 spiro atoms. The van der Waals surface area contributed by atoms with Crippen molar-refractivity contribution in [3.63, 3.8) is 0 Å². The third kappa shape index (κ3) is 21.0. The lowest BCUT2D eigenvalue weighted by atomic mass is 9.95. The molecule has 12 amide bonds. The molecule has 25 nitrogen and oxygen atoms in total. The van der Waals surface area contributed by atoms with Gasteiger partial charge in [-0.15, -0.1) is 0 Å². The Labute approximate surface area is 550 Å². The highest BCUT2D eigenvalue weighted by molar-refractivity contribution is 6.00. The summed E-state index contributed by atoms with van der Waals surface area (Å²) < 4.78 is 0. The van der Waals surface area contributed by atoms with E-state index in [4.69, 9.17) is 0 Å². The second kappa shape index (κ2) is 35.3. The van der Waals surface area contributed by atoms with Crippen molar-refractivity contribution in [2.75, 3.05) is 69.0 Å². The van der Waals surface area contributed by atoms with E-state index in [1.54, 1.807) is 114 Å². The summed E-state index contributed by atoms with van der Waals surface area (Å²) in [6.07, 6.45) is 0.171. The molecule has 0 radical (unpaired) electrons. The number of aliphatic hydroxyl groups is 1. The molecular weight excluding hydrogens is 1190 g/mol. The summed E-state index contributed by atoms with van der Waals surface area (Å²) in [6.45, 7) is 18.7. The Morgan fingerprint density at radius 3 is 1.57 bits per heavy atom. The Balaban J connectivity index is 1.93. The molecule has 2 fully saturated rings. The number of benzene rings is 2. The molecule has 93 heavy (non-hydrogen) atoms. The molecule has 4 rings (SSSR count). The minimum Gasteiger partial charge on any atom is -0.391 e. The summed E-state index contributed by atoms with van der Waals surface area (Å²) in [5.74, 6) is -10.6. The number of carbonyl (C=O) groups is 12. The molecule has 0 bridgehead atoms. The van der Waals surface area contributed by atoms with Crippen molar-refractivity contribution in [3.8, 4) is 0 Å². The van der Waals surface area contributed by atoms with Crippen molar-refractivity contribution in [1.82, 2.24) is 60.5 Å². The summed E-state index contributed by atoms with van der Waals surface area (Å²) in [5, 5.41) is 22.2. The predicted molar refractivity (Wildman–Crippen MR) is 352 cm³/mol. The first-order valence-corrected chi connectivity index (χ1v) is 32.6. The molecule has 2 saturated heterocycles. The van der Waals surface area contributed by atoms with E-state index in [-0.39, 0.29) is 43.4 Å². The van der Waals surface area contributed by atoms with Gasteiger partial charge in [-0.1, -0.05) is 116 Å². The Morgan fingerprint density at radius 1 is 0.570 bits per heavy atom. The molecule has 0 saturated carbocycles. The van der Waals surface area contributed by atoms with Crippen LogP contribution >= 0.6 is 0 Å². The highest BCUT2D eigenvalue weighted by atomic mass is 16.3. The van der Waals surface area contributed by atoms with Gasteiger partial charge in [-0.3, -0.25) is 57.5 Å². The largest absolute Gasteiger partial charge is 0.391 e. The maximum absolute atomic E-state index is 15.4. The van der Waals surface area contributed by atoms with Gasteiger partial charge in [-0.2, -0.15) is 0 Å². The summed E-state index contributed by atoms with van der Waals surface area (Å²) >= 11 is 0. The van der Waals surface area contributed by atoms with Gasteiger partial charge >= 0.3 is 0 Å². The Hall–Kier alpha value is -7.96. The predicted octanol–water partition coefficient (Wildman–Crippen LogP) is 2.07. The monoisotopic (exact) mass is 1300 g/mol. The zero-order chi connectivity index (χ0) is 70.0. The standard InChI is InChI=1S/C68H106N12O13/c1-40(2)34-50-60(85)70-49(65(90)77(16)52(36-47-28-22-19-23-29-47)59(84)69-44(9)63(88)80-32-26-21-27-33-80)38-54(82)73(12)39-55(83)75(14)53(37-48-30-24-20-25-31-48)66(91)79(18)58(43(7)8)62(87)71-56(42(5)6)67(92)78(17)51(35-41(3)4)61(86)72-57(46(11)81)68(93)74(13)45(10)64(89)76(50)15/h19-20,22-25,28-31,40-46,49-53,56-58,81H,21,26-27,32-39H2,1-18H3,(H,69,84)(H,70,85)(H,71,87)(H,72,86)/t44-,45-,46+,49-,50-,51-,52-,53-,56-,57-,58-/m0/s1. The molecule has 0 aliphatic carbocycles. The van der Waals surface area contributed by atoms with Crippen molar-refractivity contribution in [2.24, 2.45) is 23.7 Å². The number of aliphatic hydroxyl groups excluding tert-OH is 1. The van der Waals surface area contributed by atoms with E-state index in [1.807, 2.05) is 13.8 Å². The minimum absolute atomic E-state index is 0.0149. The molecule has 0 unspecified atom stereocenters. The molecule has 5 N–H and O–H groups in total. The van der Waals surface area contributed by atoms with Crippen LogP contribution < -0.4 is 21.3 Å². The Bertz CT molecular complexity index is 2920. The Kier molecular flexibility index (Phi) is 29.5. The lowest BCUT2D eigenvalue weighted by Gasteiger charge is -2.38. The number of hydrogen-bond acceptors (Lipinski definition) is 13. The number of nitrogens with one attached hydrogen (secondary N) is 4. The van der Waals surface area contributed by atoms with Crippen molar-refractivity contribution < 1.29 is 62.6 Å². The van der Waals surface area contributed by atoms with Gasteiger partial charge in [0, 0.05) is 75.3 Å². The highest BCUT2D eigenvalue weighted by Gasteiger charge is 2.44. The first-order chi connectivity index (χ1) is 43.5. The van der Waals surface area contributed by atoms with E-state index in [0.717, 1.165) is 38.9 Å². The van der Waals surface area contributed by atoms with Gasteiger partial charge in [0.05, 0.1) is 19.1 Å². The fourth-order valence-electron chi connectivity index (χ4n) is 11.9. The van der Waals surface area contributed by atoms with Crippen LogP contribution in [0.5, 0.6) is 0 Å². The zero-order valence-electron chi connectivity index (χ0n) is 58.1. The fraction of sp³-hybridized carbons (Fsp3) is 0.647. The molecule has 2 aromatic carbocycles. The zero-order valence-corrected chi connectivity index (χ0v) is 58.1. The fourth-order valence-corrected chi connectivity index (χ4v) is 11.9. The van der Waals surface area contributed by atoms with Gasteiger partial charge in [-0.05, 0) is 87.7 Å². The number of likely N-dealkylation sites (tertiary alicyclic amines) is 1. The second-order valence-electron chi connectivity index (χ2n) is 26.9. The highest BCUT2D eigenvalue weighted by Crippen LogP contribution is 2.23. The maximum Gasteiger partial charge on any atom is 0.248 e. The summed E-state index contributed by atoms with van der Waals surface area (Å²) in [7, 11) is 9.46. The van der Waals surface area contributed by atoms with Gasteiger partial charge in [0.25, 0.3) is 0 Å². The van der Waals surface area contributed by atoms with Crippen molar-refractivity contribution >= 4 is 70.9 Å². The van der Waals surface area contributed by atoms with E-state index in [9.17, 15) is 48.3 Å². The number of rotatable bonds is 16. The van der Waals surface area contributed by atoms with Gasteiger partial charge in [0.1, 0.15) is 60.4 Å². The van der Waals surface area contributed by atoms with Crippen LogP contribution in [0.2, 0.25) is 0 Å². The molecule has 2 aliphatic heterocycles. The van der Waals surface area contributed by atoms with E-state index in [0.29, 0.717) is 24.2 Å². The second-order valence-corrected chi connectivity index (χ2v) is 26.9. The minimum atomic E-state index is -1.78.